The third-order valence-corrected chi connectivity index (χ3v) is 4.03. The van der Waals surface area contributed by atoms with Gasteiger partial charge in [-0.3, -0.25) is 10.1 Å². The second-order valence-electron chi connectivity index (χ2n) is 5.66. The molecule has 25 heavy (non-hydrogen) atoms. The molecule has 8 nitrogen and oxygen atoms in total. The summed E-state index contributed by atoms with van der Waals surface area (Å²) in [5.41, 5.74) is 3.21. The molecule has 0 saturated heterocycles. The molecule has 0 bridgehead atoms. The summed E-state index contributed by atoms with van der Waals surface area (Å²) in [6, 6.07) is 3.53. The Kier molecular flexibility index (Phi) is 4.60. The molecule has 0 radical (unpaired) electrons. The van der Waals surface area contributed by atoms with Crippen LogP contribution in [0.3, 0.4) is 0 Å². The number of amides is 1. The third-order valence-electron chi connectivity index (χ3n) is 4.03. The number of H-pyrrole nitrogens is 1. The zero-order valence-electron chi connectivity index (χ0n) is 14.6. The van der Waals surface area contributed by atoms with Crippen molar-refractivity contribution in [1.29, 1.82) is 0 Å². The maximum atomic E-state index is 12.2. The highest BCUT2D eigenvalue weighted by Gasteiger charge is 2.14. The van der Waals surface area contributed by atoms with Gasteiger partial charge in [0, 0.05) is 24.1 Å². The Bertz CT molecular complexity index is 852. The van der Waals surface area contributed by atoms with Gasteiger partial charge < -0.3 is 19.0 Å². The number of hydrogen-bond acceptors (Lipinski definition) is 6. The molecule has 2 N–H and O–H groups in total. The molecule has 1 amide bonds. The van der Waals surface area contributed by atoms with Crippen molar-refractivity contribution in [1.82, 2.24) is 15.1 Å². The van der Waals surface area contributed by atoms with Crippen LogP contribution in [0.4, 0.5) is 5.95 Å². The van der Waals surface area contributed by atoms with Crippen molar-refractivity contribution in [3.8, 4) is 11.5 Å². The van der Waals surface area contributed by atoms with Crippen LogP contribution in [-0.2, 0) is 11.2 Å². The Morgan fingerprint density at radius 2 is 1.96 bits per heavy atom. The van der Waals surface area contributed by atoms with Gasteiger partial charge in [-0.2, -0.15) is 0 Å². The monoisotopic (exact) mass is 344 g/mol. The number of rotatable bonds is 6. The number of ether oxygens (including phenoxy) is 2. The first-order chi connectivity index (χ1) is 12.0. The predicted octanol–water partition coefficient (Wildman–Crippen LogP) is 2.76. The molecule has 0 aliphatic heterocycles. The molecular formula is C17H20N4O4. The summed E-state index contributed by atoms with van der Waals surface area (Å²) in [6.45, 7) is 3.71. The van der Waals surface area contributed by atoms with Crippen LogP contribution in [0, 0.1) is 13.8 Å². The van der Waals surface area contributed by atoms with E-state index >= 15 is 0 Å². The minimum atomic E-state index is -0.141. The summed E-state index contributed by atoms with van der Waals surface area (Å²) in [7, 11) is 3.13. The van der Waals surface area contributed by atoms with Crippen molar-refractivity contribution in [2.24, 2.45) is 0 Å². The van der Waals surface area contributed by atoms with E-state index in [1.165, 1.54) is 0 Å². The van der Waals surface area contributed by atoms with Gasteiger partial charge in [0.1, 0.15) is 5.76 Å². The second-order valence-corrected chi connectivity index (χ2v) is 5.66. The molecule has 2 heterocycles. The number of methoxy groups -OCH3 is 2. The van der Waals surface area contributed by atoms with E-state index in [9.17, 15) is 4.79 Å². The maximum absolute atomic E-state index is 12.2. The predicted molar refractivity (Wildman–Crippen MR) is 92.1 cm³/mol. The molecule has 0 fully saturated rings. The highest BCUT2D eigenvalue weighted by atomic mass is 16.5. The number of nitrogens with zero attached hydrogens (tertiary/aromatic N) is 2. The van der Waals surface area contributed by atoms with Crippen molar-refractivity contribution in [3.63, 3.8) is 0 Å². The number of carbonyl (C=O) groups excluding carboxylic acids is 1. The number of benzene rings is 1. The molecule has 3 rings (SSSR count). The lowest BCUT2D eigenvalue weighted by molar-refractivity contribution is -0.116. The Hall–Kier alpha value is -3.03. The number of fused-ring (bicyclic) bond motifs is 1. The Labute approximate surface area is 144 Å². The van der Waals surface area contributed by atoms with E-state index in [0.29, 0.717) is 35.8 Å². The van der Waals surface area contributed by atoms with Crippen LogP contribution in [0.15, 0.2) is 16.7 Å². The van der Waals surface area contributed by atoms with Gasteiger partial charge in [-0.15, -0.1) is 0 Å². The summed E-state index contributed by atoms with van der Waals surface area (Å²) in [6.07, 6.45) is 0.876. The van der Waals surface area contributed by atoms with Gasteiger partial charge in [0.05, 0.1) is 30.9 Å². The molecular weight excluding hydrogens is 324 g/mol. The topological polar surface area (TPSA) is 102 Å². The number of anilines is 1. The Morgan fingerprint density at radius 3 is 2.60 bits per heavy atom. The molecule has 0 aliphatic carbocycles. The minimum Gasteiger partial charge on any atom is -0.493 e. The van der Waals surface area contributed by atoms with Crippen molar-refractivity contribution in [3.05, 3.63) is 29.2 Å². The summed E-state index contributed by atoms with van der Waals surface area (Å²) >= 11 is 0. The number of aromatic nitrogens is 3. The van der Waals surface area contributed by atoms with Crippen LogP contribution in [0.2, 0.25) is 0 Å². The standard InChI is InChI=1S/C17H20N4O4/c1-9-11(10(2)25-21-9)5-6-16(22)20-17-18-12-7-14(23-3)15(24-4)8-13(12)19-17/h7-8H,5-6H2,1-4H3,(H2,18,19,20,22). The fourth-order valence-corrected chi connectivity index (χ4v) is 2.69. The fraction of sp³-hybridized carbons (Fsp3) is 0.353. The third kappa shape index (κ3) is 3.42. The summed E-state index contributed by atoms with van der Waals surface area (Å²) < 4.78 is 15.6. The van der Waals surface area contributed by atoms with Crippen molar-refractivity contribution >= 4 is 22.9 Å². The molecule has 0 spiro atoms. The van der Waals surface area contributed by atoms with E-state index in [2.05, 4.69) is 20.4 Å². The zero-order chi connectivity index (χ0) is 18.0. The van der Waals surface area contributed by atoms with E-state index in [-0.39, 0.29) is 5.91 Å². The van der Waals surface area contributed by atoms with Crippen molar-refractivity contribution < 1.29 is 18.8 Å². The van der Waals surface area contributed by atoms with Gasteiger partial charge in [-0.1, -0.05) is 5.16 Å². The number of aromatic amines is 1. The van der Waals surface area contributed by atoms with E-state index in [0.717, 1.165) is 22.5 Å². The molecule has 0 aliphatic rings. The average molecular weight is 344 g/mol. The van der Waals surface area contributed by atoms with E-state index in [1.54, 1.807) is 26.4 Å². The first-order valence-electron chi connectivity index (χ1n) is 7.85. The van der Waals surface area contributed by atoms with Crippen LogP contribution >= 0.6 is 0 Å². The van der Waals surface area contributed by atoms with Crippen LogP contribution in [0.1, 0.15) is 23.4 Å². The molecule has 1 aromatic carbocycles. The van der Waals surface area contributed by atoms with Gasteiger partial charge in [0.25, 0.3) is 0 Å². The van der Waals surface area contributed by atoms with Crippen molar-refractivity contribution in [2.75, 3.05) is 19.5 Å². The summed E-state index contributed by atoms with van der Waals surface area (Å²) in [4.78, 5) is 19.6. The zero-order valence-corrected chi connectivity index (χ0v) is 14.6. The van der Waals surface area contributed by atoms with Gasteiger partial charge >= 0.3 is 0 Å². The van der Waals surface area contributed by atoms with Gasteiger partial charge in [-0.25, -0.2) is 4.98 Å². The van der Waals surface area contributed by atoms with E-state index in [4.69, 9.17) is 14.0 Å². The molecule has 3 aromatic rings. The quantitative estimate of drug-likeness (QED) is 0.713. The van der Waals surface area contributed by atoms with Crippen LogP contribution in [0.25, 0.3) is 11.0 Å². The molecule has 0 atom stereocenters. The minimum absolute atomic E-state index is 0.141. The SMILES string of the molecule is COc1cc2nc(NC(=O)CCc3c(C)noc3C)[nH]c2cc1OC. The molecule has 0 saturated carbocycles. The average Bonchev–Trinajstić information content (AvgIpc) is 3.13. The number of aryl methyl sites for hydroxylation is 2. The van der Waals surface area contributed by atoms with Crippen LogP contribution in [0.5, 0.6) is 11.5 Å². The first-order valence-corrected chi connectivity index (χ1v) is 7.85. The highest BCUT2D eigenvalue weighted by Crippen LogP contribution is 2.31. The molecule has 132 valence electrons. The molecule has 0 unspecified atom stereocenters. The molecule has 2 aromatic heterocycles. The van der Waals surface area contributed by atoms with E-state index < -0.39 is 0 Å². The number of hydrogen-bond donors (Lipinski definition) is 2. The Morgan fingerprint density at radius 1 is 1.24 bits per heavy atom. The van der Waals surface area contributed by atoms with E-state index in [1.807, 2.05) is 13.8 Å². The smallest absolute Gasteiger partial charge is 0.227 e. The van der Waals surface area contributed by atoms with Crippen LogP contribution in [-0.4, -0.2) is 35.3 Å². The van der Waals surface area contributed by atoms with Gasteiger partial charge in [0.15, 0.2) is 11.5 Å². The lowest BCUT2D eigenvalue weighted by Crippen LogP contribution is -2.13. The fourth-order valence-electron chi connectivity index (χ4n) is 2.69. The summed E-state index contributed by atoms with van der Waals surface area (Å²) in [5.74, 6) is 2.16. The number of carbonyl (C=O) groups is 1. The maximum Gasteiger partial charge on any atom is 0.227 e. The largest absolute Gasteiger partial charge is 0.493 e. The second kappa shape index (κ2) is 6.84. The van der Waals surface area contributed by atoms with Crippen LogP contribution < -0.4 is 14.8 Å². The highest BCUT2D eigenvalue weighted by molar-refractivity contribution is 5.91. The first kappa shape index (κ1) is 16.8. The van der Waals surface area contributed by atoms with Gasteiger partial charge in [0.2, 0.25) is 11.9 Å². The van der Waals surface area contributed by atoms with Crippen molar-refractivity contribution in [2.45, 2.75) is 26.7 Å². The summed E-state index contributed by atoms with van der Waals surface area (Å²) in [5, 5.41) is 6.66. The number of nitrogens with one attached hydrogen (secondary N) is 2. The lowest BCUT2D eigenvalue weighted by atomic mass is 10.1. The normalized spacial score (nSPS) is 10.9. The lowest BCUT2D eigenvalue weighted by Gasteiger charge is -2.06. The number of imidazole rings is 1. The Balaban J connectivity index is 1.71. The molecule has 8 heteroatoms. The van der Waals surface area contributed by atoms with Gasteiger partial charge in [-0.05, 0) is 20.3 Å².